The van der Waals surface area contributed by atoms with Crippen LogP contribution in [-0.4, -0.2) is 24.2 Å². The average Bonchev–Trinajstić information content (AvgIpc) is 2.56. The number of benzene rings is 2. The van der Waals surface area contributed by atoms with Gasteiger partial charge in [-0.15, -0.1) is 0 Å². The van der Waals surface area contributed by atoms with E-state index in [9.17, 15) is 4.79 Å². The summed E-state index contributed by atoms with van der Waals surface area (Å²) in [4.78, 5) is 12.0. The lowest BCUT2D eigenvalue weighted by Crippen LogP contribution is -2.30. The van der Waals surface area contributed by atoms with E-state index in [0.29, 0.717) is 13.0 Å². The van der Waals surface area contributed by atoms with E-state index in [1.807, 2.05) is 60.7 Å². The molecule has 4 heteroatoms. The molecule has 0 bridgehead atoms. The van der Waals surface area contributed by atoms with E-state index in [-0.39, 0.29) is 25.0 Å². The molecule has 116 valence electrons. The molecule has 4 nitrogen and oxygen atoms in total. The van der Waals surface area contributed by atoms with Crippen molar-refractivity contribution in [1.29, 1.82) is 0 Å². The predicted octanol–water partition coefficient (Wildman–Crippen LogP) is 2.70. The maximum Gasteiger partial charge on any atom is 0.223 e. The zero-order valence-electron chi connectivity index (χ0n) is 12.4. The molecule has 2 aromatic carbocycles. The van der Waals surface area contributed by atoms with Crippen LogP contribution in [0.1, 0.15) is 24.4 Å². The van der Waals surface area contributed by atoms with Gasteiger partial charge in [0.2, 0.25) is 5.91 Å². The van der Waals surface area contributed by atoms with E-state index < -0.39 is 0 Å². The molecule has 22 heavy (non-hydrogen) atoms. The van der Waals surface area contributed by atoms with Gasteiger partial charge >= 0.3 is 0 Å². The highest BCUT2D eigenvalue weighted by Gasteiger charge is 2.13. The van der Waals surface area contributed by atoms with E-state index in [0.717, 1.165) is 11.3 Å². The van der Waals surface area contributed by atoms with Gasteiger partial charge in [-0.05, 0) is 24.1 Å². The molecule has 0 heterocycles. The van der Waals surface area contributed by atoms with Crippen LogP contribution in [-0.2, 0) is 4.79 Å². The van der Waals surface area contributed by atoms with Crippen molar-refractivity contribution in [2.45, 2.75) is 18.9 Å². The van der Waals surface area contributed by atoms with Gasteiger partial charge in [0.25, 0.3) is 0 Å². The molecule has 0 radical (unpaired) electrons. The number of hydrogen-bond acceptors (Lipinski definition) is 3. The molecule has 2 N–H and O–H groups in total. The van der Waals surface area contributed by atoms with Crippen LogP contribution < -0.4 is 10.1 Å². The fourth-order valence-electron chi connectivity index (χ4n) is 2.18. The Labute approximate surface area is 130 Å². The number of nitrogens with one attached hydrogen (secondary N) is 1. The summed E-state index contributed by atoms with van der Waals surface area (Å²) < 4.78 is 5.51. The Hall–Kier alpha value is -2.33. The maximum atomic E-state index is 12.0. The number of aliphatic hydroxyl groups is 1. The lowest BCUT2D eigenvalue weighted by Gasteiger charge is -2.18. The van der Waals surface area contributed by atoms with Gasteiger partial charge in [-0.2, -0.15) is 0 Å². The smallest absolute Gasteiger partial charge is 0.223 e. The van der Waals surface area contributed by atoms with Crippen LogP contribution in [0.25, 0.3) is 0 Å². The first-order chi connectivity index (χ1) is 10.8. The van der Waals surface area contributed by atoms with Crippen LogP contribution in [0.3, 0.4) is 0 Å². The summed E-state index contributed by atoms with van der Waals surface area (Å²) in [5.41, 5.74) is 0.994. The van der Waals surface area contributed by atoms with Gasteiger partial charge in [0, 0.05) is 6.61 Å². The fraction of sp³-hybridized carbons (Fsp3) is 0.278. The Morgan fingerprint density at radius 3 is 2.32 bits per heavy atom. The third-order valence-corrected chi connectivity index (χ3v) is 3.30. The molecule has 0 saturated carbocycles. The number of carbonyl (C=O) groups is 1. The van der Waals surface area contributed by atoms with Crippen LogP contribution in [0.2, 0.25) is 0 Å². The minimum atomic E-state index is -0.171. The van der Waals surface area contributed by atoms with Crippen molar-refractivity contribution in [2.24, 2.45) is 0 Å². The van der Waals surface area contributed by atoms with Crippen molar-refractivity contribution in [1.82, 2.24) is 5.32 Å². The van der Waals surface area contributed by atoms with Gasteiger partial charge in [-0.1, -0.05) is 48.5 Å². The van der Waals surface area contributed by atoms with Crippen LogP contribution in [0.5, 0.6) is 5.75 Å². The van der Waals surface area contributed by atoms with Crippen molar-refractivity contribution < 1.29 is 14.6 Å². The Kier molecular flexibility index (Phi) is 6.45. The van der Waals surface area contributed by atoms with Gasteiger partial charge < -0.3 is 15.2 Å². The average molecular weight is 299 g/mol. The molecule has 1 unspecified atom stereocenters. The number of hydrogen-bond donors (Lipinski definition) is 2. The number of rotatable bonds is 8. The number of aliphatic hydroxyl groups excluding tert-OH is 1. The topological polar surface area (TPSA) is 58.6 Å². The summed E-state index contributed by atoms with van der Waals surface area (Å²) in [5, 5.41) is 12.1. The quantitative estimate of drug-likeness (QED) is 0.788. The summed E-state index contributed by atoms with van der Waals surface area (Å²) in [5.74, 6) is 0.670. The fourth-order valence-corrected chi connectivity index (χ4v) is 2.18. The number of carbonyl (C=O) groups excluding carboxylic acids is 1. The molecule has 0 aliphatic heterocycles. The molecule has 0 fully saturated rings. The Morgan fingerprint density at radius 2 is 1.68 bits per heavy atom. The van der Waals surface area contributed by atoms with E-state index in [1.165, 1.54) is 0 Å². The van der Waals surface area contributed by atoms with Crippen LogP contribution >= 0.6 is 0 Å². The molecule has 2 rings (SSSR count). The first-order valence-electron chi connectivity index (χ1n) is 7.42. The normalized spacial score (nSPS) is 11.7. The minimum absolute atomic E-state index is 0.0281. The predicted molar refractivity (Wildman–Crippen MR) is 85.6 cm³/mol. The zero-order chi connectivity index (χ0) is 15.6. The van der Waals surface area contributed by atoms with Crippen molar-refractivity contribution >= 4 is 5.91 Å². The SMILES string of the molecule is O=C(CCOc1ccccc1)NC(CCO)c1ccccc1. The number of para-hydroxylation sites is 1. The van der Waals surface area contributed by atoms with Crippen molar-refractivity contribution in [2.75, 3.05) is 13.2 Å². The summed E-state index contributed by atoms with van der Waals surface area (Å²) in [6.07, 6.45) is 0.777. The van der Waals surface area contributed by atoms with Crippen molar-refractivity contribution in [3.05, 3.63) is 66.2 Å². The molecular weight excluding hydrogens is 278 g/mol. The largest absolute Gasteiger partial charge is 0.493 e. The summed E-state index contributed by atoms with van der Waals surface area (Å²) in [6, 6.07) is 18.9. The van der Waals surface area contributed by atoms with Crippen molar-refractivity contribution in [3.8, 4) is 5.75 Å². The standard InChI is InChI=1S/C18H21NO3/c20-13-11-17(15-7-3-1-4-8-15)19-18(21)12-14-22-16-9-5-2-6-10-16/h1-10,17,20H,11-14H2,(H,19,21). The van der Waals surface area contributed by atoms with E-state index in [2.05, 4.69) is 5.32 Å². The molecular formula is C18H21NO3. The highest BCUT2D eigenvalue weighted by Crippen LogP contribution is 2.16. The van der Waals surface area contributed by atoms with Crippen LogP contribution in [0.15, 0.2) is 60.7 Å². The second-order valence-electron chi connectivity index (χ2n) is 4.95. The molecule has 2 aromatic rings. The van der Waals surface area contributed by atoms with E-state index >= 15 is 0 Å². The lowest BCUT2D eigenvalue weighted by atomic mass is 10.0. The van der Waals surface area contributed by atoms with Gasteiger partial charge in [-0.3, -0.25) is 4.79 Å². The van der Waals surface area contributed by atoms with Gasteiger partial charge in [0.1, 0.15) is 5.75 Å². The Bertz CT molecular complexity index is 557. The van der Waals surface area contributed by atoms with Gasteiger partial charge in [0.05, 0.1) is 19.1 Å². The van der Waals surface area contributed by atoms with E-state index in [1.54, 1.807) is 0 Å². The second kappa shape index (κ2) is 8.85. The second-order valence-corrected chi connectivity index (χ2v) is 4.95. The molecule has 1 atom stereocenters. The number of amides is 1. The lowest BCUT2D eigenvalue weighted by molar-refractivity contribution is -0.122. The summed E-state index contributed by atoms with van der Waals surface area (Å²) in [7, 11) is 0. The minimum Gasteiger partial charge on any atom is -0.493 e. The molecule has 0 saturated heterocycles. The molecule has 1 amide bonds. The van der Waals surface area contributed by atoms with Crippen LogP contribution in [0.4, 0.5) is 0 Å². The number of ether oxygens (including phenoxy) is 1. The van der Waals surface area contributed by atoms with E-state index in [4.69, 9.17) is 9.84 Å². The van der Waals surface area contributed by atoms with Crippen LogP contribution in [0, 0.1) is 0 Å². The summed E-state index contributed by atoms with van der Waals surface area (Å²) in [6.45, 7) is 0.358. The molecule has 0 aliphatic rings. The highest BCUT2D eigenvalue weighted by atomic mass is 16.5. The third kappa shape index (κ3) is 5.22. The highest BCUT2D eigenvalue weighted by molar-refractivity contribution is 5.76. The first-order valence-corrected chi connectivity index (χ1v) is 7.42. The van der Waals surface area contributed by atoms with Crippen molar-refractivity contribution in [3.63, 3.8) is 0 Å². The summed E-state index contributed by atoms with van der Waals surface area (Å²) >= 11 is 0. The molecule has 0 spiro atoms. The molecule has 0 aromatic heterocycles. The van der Waals surface area contributed by atoms with Gasteiger partial charge in [-0.25, -0.2) is 0 Å². The van der Waals surface area contributed by atoms with Gasteiger partial charge in [0.15, 0.2) is 0 Å². The zero-order valence-corrected chi connectivity index (χ0v) is 12.4. The first kappa shape index (κ1) is 16.0. The third-order valence-electron chi connectivity index (χ3n) is 3.30. The maximum absolute atomic E-state index is 12.0. The Balaban J connectivity index is 1.81. The Morgan fingerprint density at radius 1 is 1.05 bits per heavy atom. The monoisotopic (exact) mass is 299 g/mol. The molecule has 0 aliphatic carbocycles.